The summed E-state index contributed by atoms with van der Waals surface area (Å²) in [7, 11) is 0. The average molecular weight is 373 g/mol. The van der Waals surface area contributed by atoms with Gasteiger partial charge in [-0.05, 0) is 67.6 Å². The first-order valence-corrected chi connectivity index (χ1v) is 9.51. The molecule has 1 N–H and O–H groups in total. The van der Waals surface area contributed by atoms with Crippen LogP contribution in [-0.4, -0.2) is 15.6 Å². The first kappa shape index (κ1) is 17.4. The second-order valence-corrected chi connectivity index (χ2v) is 7.44. The molecule has 0 unspecified atom stereocenters. The fourth-order valence-electron chi connectivity index (χ4n) is 2.92. The molecule has 1 aromatic heterocycles. The maximum atomic E-state index is 12.4. The maximum Gasteiger partial charge on any atom is 0.264 e. The van der Waals surface area contributed by atoms with E-state index in [0.29, 0.717) is 10.1 Å². The Balaban J connectivity index is 1.62. The molecule has 1 amide bonds. The lowest BCUT2D eigenvalue weighted by molar-refractivity contribution is -0.115. The van der Waals surface area contributed by atoms with Gasteiger partial charge < -0.3 is 9.88 Å². The second-order valence-electron chi connectivity index (χ2n) is 6.41. The van der Waals surface area contributed by atoms with Gasteiger partial charge in [0.2, 0.25) is 0 Å². The zero-order valence-electron chi connectivity index (χ0n) is 15.1. The quantitative estimate of drug-likeness (QED) is 0.658. The first-order chi connectivity index (χ1) is 13.1. The van der Waals surface area contributed by atoms with Crippen LogP contribution in [0.15, 0.2) is 76.8 Å². The summed E-state index contributed by atoms with van der Waals surface area (Å²) in [5.41, 5.74) is 5.25. The molecule has 3 aromatic rings. The smallest absolute Gasteiger partial charge is 0.264 e. The number of amidine groups is 1. The Morgan fingerprint density at radius 3 is 2.56 bits per heavy atom. The van der Waals surface area contributed by atoms with Gasteiger partial charge in [0, 0.05) is 17.6 Å². The van der Waals surface area contributed by atoms with E-state index in [9.17, 15) is 4.79 Å². The first-order valence-electron chi connectivity index (χ1n) is 8.70. The molecule has 0 saturated carbocycles. The summed E-state index contributed by atoms with van der Waals surface area (Å²) in [5.74, 6) is -0.122. The molecule has 1 aliphatic heterocycles. The number of aromatic nitrogens is 1. The molecule has 0 aliphatic carbocycles. The Morgan fingerprint density at radius 2 is 1.78 bits per heavy atom. The van der Waals surface area contributed by atoms with Gasteiger partial charge in [-0.25, -0.2) is 4.99 Å². The van der Waals surface area contributed by atoms with Crippen LogP contribution in [0.2, 0.25) is 0 Å². The zero-order valence-corrected chi connectivity index (χ0v) is 16.0. The van der Waals surface area contributed by atoms with Crippen molar-refractivity contribution in [2.75, 3.05) is 0 Å². The molecule has 0 bridgehead atoms. The molecule has 1 fully saturated rings. The minimum atomic E-state index is -0.122. The topological polar surface area (TPSA) is 46.4 Å². The number of amides is 1. The minimum Gasteiger partial charge on any atom is -0.317 e. The third kappa shape index (κ3) is 3.73. The molecule has 0 radical (unpaired) electrons. The van der Waals surface area contributed by atoms with Gasteiger partial charge in [-0.3, -0.25) is 4.79 Å². The number of aliphatic imine (C=N–C) groups is 1. The third-order valence-corrected chi connectivity index (χ3v) is 5.26. The number of carbonyl (C=O) groups is 1. The highest BCUT2D eigenvalue weighted by Crippen LogP contribution is 2.29. The highest BCUT2D eigenvalue weighted by atomic mass is 32.2. The second kappa shape index (κ2) is 7.29. The van der Waals surface area contributed by atoms with Crippen LogP contribution in [0, 0.1) is 13.8 Å². The van der Waals surface area contributed by atoms with E-state index >= 15 is 0 Å². The van der Waals surface area contributed by atoms with Crippen LogP contribution in [0.1, 0.15) is 16.8 Å². The summed E-state index contributed by atoms with van der Waals surface area (Å²) >= 11 is 1.36. The van der Waals surface area contributed by atoms with Crippen LogP contribution in [-0.2, 0) is 4.79 Å². The number of rotatable bonds is 3. The van der Waals surface area contributed by atoms with E-state index in [4.69, 9.17) is 0 Å². The molecule has 2 heterocycles. The molecule has 1 saturated heterocycles. The number of thioether (sulfide) groups is 1. The highest BCUT2D eigenvalue weighted by Gasteiger charge is 2.24. The number of nitrogens with zero attached hydrogens (tertiary/aromatic N) is 2. The van der Waals surface area contributed by atoms with Gasteiger partial charge >= 0.3 is 0 Å². The lowest BCUT2D eigenvalue weighted by Crippen LogP contribution is -2.19. The fraction of sp³-hybridized carbons (Fsp3) is 0.0909. The van der Waals surface area contributed by atoms with Crippen molar-refractivity contribution in [3.05, 3.63) is 88.6 Å². The van der Waals surface area contributed by atoms with Crippen LogP contribution in [0.4, 0.5) is 5.69 Å². The number of aryl methyl sites for hydroxylation is 2. The number of hydrogen-bond donors (Lipinski definition) is 1. The molecule has 5 heteroatoms. The van der Waals surface area contributed by atoms with Crippen LogP contribution in [0.5, 0.6) is 0 Å². The van der Waals surface area contributed by atoms with Crippen molar-refractivity contribution in [3.63, 3.8) is 0 Å². The molecule has 0 atom stereocenters. The summed E-state index contributed by atoms with van der Waals surface area (Å²) in [6.45, 7) is 4.11. The molecule has 1 aliphatic rings. The van der Waals surface area contributed by atoms with Crippen LogP contribution in [0.3, 0.4) is 0 Å². The normalized spacial score (nSPS) is 16.9. The Hall–Kier alpha value is -3.05. The van der Waals surface area contributed by atoms with Gasteiger partial charge in [-0.2, -0.15) is 0 Å². The summed E-state index contributed by atoms with van der Waals surface area (Å²) in [5, 5.41) is 3.45. The Labute approximate surface area is 162 Å². The van der Waals surface area contributed by atoms with Crippen molar-refractivity contribution in [1.29, 1.82) is 0 Å². The molecular formula is C22H19N3OS. The molecule has 4 nitrogen and oxygen atoms in total. The van der Waals surface area contributed by atoms with Crippen LogP contribution < -0.4 is 5.32 Å². The standard InChI is InChI=1S/C22H19N3OS/c1-15-9-11-17(12-10-15)23-22-24-21(26)20(27-22)14-18-7-5-13-25(18)19-8-4-3-6-16(19)2/h3-14H,1-2H3,(H,23,24,26)/b20-14+. The van der Waals surface area contributed by atoms with E-state index < -0.39 is 0 Å². The van der Waals surface area contributed by atoms with Gasteiger partial charge in [0.25, 0.3) is 5.91 Å². The van der Waals surface area contributed by atoms with Gasteiger partial charge in [-0.1, -0.05) is 35.9 Å². The van der Waals surface area contributed by atoms with Crippen LogP contribution >= 0.6 is 11.8 Å². The van der Waals surface area contributed by atoms with Gasteiger partial charge in [0.05, 0.1) is 10.6 Å². The molecule has 27 heavy (non-hydrogen) atoms. The number of carbonyl (C=O) groups excluding carboxylic acids is 1. The predicted octanol–water partition coefficient (Wildman–Crippen LogP) is 4.99. The summed E-state index contributed by atoms with van der Waals surface area (Å²) < 4.78 is 2.09. The van der Waals surface area contributed by atoms with E-state index in [0.717, 1.165) is 17.1 Å². The number of hydrogen-bond acceptors (Lipinski definition) is 3. The van der Waals surface area contributed by atoms with Crippen LogP contribution in [0.25, 0.3) is 11.8 Å². The SMILES string of the molecule is Cc1ccc(N=C2NC(=O)/C(=C\c3cccn3-c3ccccc3C)S2)cc1. The van der Waals surface area contributed by atoms with E-state index in [1.165, 1.54) is 22.9 Å². The van der Waals surface area contributed by atoms with Crippen molar-refractivity contribution < 1.29 is 4.79 Å². The third-order valence-electron chi connectivity index (χ3n) is 4.35. The van der Waals surface area contributed by atoms with E-state index in [1.54, 1.807) is 0 Å². The van der Waals surface area contributed by atoms with Crippen molar-refractivity contribution in [2.24, 2.45) is 4.99 Å². The number of benzene rings is 2. The molecule has 0 spiro atoms. The monoisotopic (exact) mass is 373 g/mol. The van der Waals surface area contributed by atoms with Gasteiger partial charge in [0.1, 0.15) is 0 Å². The summed E-state index contributed by atoms with van der Waals surface area (Å²) in [6.07, 6.45) is 3.91. The van der Waals surface area contributed by atoms with E-state index in [2.05, 4.69) is 33.9 Å². The summed E-state index contributed by atoms with van der Waals surface area (Å²) in [6, 6.07) is 20.1. The Bertz CT molecular complexity index is 1060. The molecule has 134 valence electrons. The van der Waals surface area contributed by atoms with E-state index in [-0.39, 0.29) is 5.91 Å². The fourth-order valence-corrected chi connectivity index (χ4v) is 3.74. The van der Waals surface area contributed by atoms with Crippen molar-refractivity contribution >= 4 is 34.6 Å². The molecule has 4 rings (SSSR count). The highest BCUT2D eigenvalue weighted by molar-refractivity contribution is 8.18. The zero-order chi connectivity index (χ0) is 18.8. The van der Waals surface area contributed by atoms with Crippen molar-refractivity contribution in [1.82, 2.24) is 9.88 Å². The number of nitrogens with one attached hydrogen (secondary N) is 1. The van der Waals surface area contributed by atoms with E-state index in [1.807, 2.05) is 67.7 Å². The largest absolute Gasteiger partial charge is 0.317 e. The maximum absolute atomic E-state index is 12.4. The van der Waals surface area contributed by atoms with Gasteiger partial charge in [0.15, 0.2) is 5.17 Å². The van der Waals surface area contributed by atoms with Gasteiger partial charge in [-0.15, -0.1) is 0 Å². The molecule has 2 aromatic carbocycles. The van der Waals surface area contributed by atoms with Crippen molar-refractivity contribution in [3.8, 4) is 5.69 Å². The lowest BCUT2D eigenvalue weighted by Gasteiger charge is -2.09. The molecular weight excluding hydrogens is 354 g/mol. The minimum absolute atomic E-state index is 0.122. The average Bonchev–Trinajstić information content (AvgIpc) is 3.24. The summed E-state index contributed by atoms with van der Waals surface area (Å²) in [4.78, 5) is 17.5. The van der Waals surface area contributed by atoms with Crippen molar-refractivity contribution in [2.45, 2.75) is 13.8 Å². The number of para-hydroxylation sites is 1. The Kier molecular flexibility index (Phi) is 4.69. The lowest BCUT2D eigenvalue weighted by atomic mass is 10.2. The predicted molar refractivity (Wildman–Crippen MR) is 112 cm³/mol. The Morgan fingerprint density at radius 1 is 1.00 bits per heavy atom.